The molecule has 0 bridgehead atoms. The van der Waals surface area contributed by atoms with Gasteiger partial charge in [-0.05, 0) is 36.4 Å². The molecule has 0 unspecified atom stereocenters. The molecular weight excluding hydrogens is 361 g/mol. The number of aromatic nitrogens is 2. The predicted octanol–water partition coefficient (Wildman–Crippen LogP) is 3.57. The summed E-state index contributed by atoms with van der Waals surface area (Å²) in [6.07, 6.45) is 0. The standard InChI is InChI=1S/C18H15ClFN3O3/c1-23(17(24)11-25-13-8-6-12(20)7-9-13)10-16-21-18(22-26-16)14-4-2-3-5-15(14)19/h2-9H,10-11H2,1H3. The van der Waals surface area contributed by atoms with Gasteiger partial charge in [-0.3, -0.25) is 4.79 Å². The summed E-state index contributed by atoms with van der Waals surface area (Å²) in [6.45, 7) is -0.0588. The van der Waals surface area contributed by atoms with Crippen LogP contribution in [0.2, 0.25) is 5.02 Å². The van der Waals surface area contributed by atoms with Gasteiger partial charge in [-0.1, -0.05) is 28.9 Å². The summed E-state index contributed by atoms with van der Waals surface area (Å²) in [5.41, 5.74) is 0.651. The highest BCUT2D eigenvalue weighted by Gasteiger charge is 2.16. The van der Waals surface area contributed by atoms with E-state index in [4.69, 9.17) is 20.9 Å². The molecule has 0 aliphatic carbocycles. The van der Waals surface area contributed by atoms with Crippen LogP contribution in [0.1, 0.15) is 5.89 Å². The van der Waals surface area contributed by atoms with Crippen LogP contribution >= 0.6 is 11.6 Å². The Labute approximate surface area is 154 Å². The van der Waals surface area contributed by atoms with Crippen molar-refractivity contribution in [2.75, 3.05) is 13.7 Å². The Morgan fingerprint density at radius 2 is 1.96 bits per heavy atom. The lowest BCUT2D eigenvalue weighted by Crippen LogP contribution is -2.31. The zero-order chi connectivity index (χ0) is 18.5. The third-order valence-electron chi connectivity index (χ3n) is 3.56. The Kier molecular flexibility index (Phi) is 5.48. The van der Waals surface area contributed by atoms with Crippen LogP contribution in [-0.4, -0.2) is 34.6 Å². The molecule has 0 aliphatic rings. The van der Waals surface area contributed by atoms with Crippen molar-refractivity contribution >= 4 is 17.5 Å². The van der Waals surface area contributed by atoms with E-state index in [-0.39, 0.29) is 30.8 Å². The first-order valence-electron chi connectivity index (χ1n) is 7.73. The number of carbonyl (C=O) groups excluding carboxylic acids is 1. The lowest BCUT2D eigenvalue weighted by atomic mass is 10.2. The average Bonchev–Trinajstić information content (AvgIpc) is 3.09. The van der Waals surface area contributed by atoms with Crippen LogP contribution in [-0.2, 0) is 11.3 Å². The van der Waals surface area contributed by atoms with Gasteiger partial charge in [0.05, 0.1) is 11.6 Å². The van der Waals surface area contributed by atoms with Crippen molar-refractivity contribution in [3.05, 3.63) is 65.3 Å². The predicted molar refractivity (Wildman–Crippen MR) is 93.1 cm³/mol. The number of rotatable bonds is 6. The van der Waals surface area contributed by atoms with E-state index in [1.807, 2.05) is 6.07 Å². The highest BCUT2D eigenvalue weighted by molar-refractivity contribution is 6.33. The maximum Gasteiger partial charge on any atom is 0.260 e. The number of benzene rings is 2. The summed E-state index contributed by atoms with van der Waals surface area (Å²) < 4.78 is 23.3. The van der Waals surface area contributed by atoms with Crippen LogP contribution in [0.4, 0.5) is 4.39 Å². The van der Waals surface area contributed by atoms with Crippen LogP contribution in [0.3, 0.4) is 0 Å². The van der Waals surface area contributed by atoms with E-state index in [9.17, 15) is 9.18 Å². The first-order valence-corrected chi connectivity index (χ1v) is 8.10. The van der Waals surface area contributed by atoms with Crippen molar-refractivity contribution in [2.24, 2.45) is 0 Å². The molecule has 0 saturated heterocycles. The normalized spacial score (nSPS) is 10.6. The molecule has 6 nitrogen and oxygen atoms in total. The molecule has 8 heteroatoms. The van der Waals surface area contributed by atoms with Crippen LogP contribution in [0, 0.1) is 5.82 Å². The van der Waals surface area contributed by atoms with Crippen LogP contribution < -0.4 is 4.74 Å². The zero-order valence-corrected chi connectivity index (χ0v) is 14.6. The molecule has 3 aromatic rings. The summed E-state index contributed by atoms with van der Waals surface area (Å²) in [5.74, 6) is 0.386. The smallest absolute Gasteiger partial charge is 0.260 e. The van der Waals surface area contributed by atoms with E-state index in [2.05, 4.69) is 10.1 Å². The molecule has 0 fully saturated rings. The van der Waals surface area contributed by atoms with Crippen molar-refractivity contribution in [1.29, 1.82) is 0 Å². The molecule has 134 valence electrons. The van der Waals surface area contributed by atoms with Gasteiger partial charge in [0.2, 0.25) is 11.7 Å². The second-order valence-corrected chi connectivity index (χ2v) is 5.89. The largest absolute Gasteiger partial charge is 0.484 e. The third kappa shape index (κ3) is 4.37. The zero-order valence-electron chi connectivity index (χ0n) is 13.9. The first-order chi connectivity index (χ1) is 12.5. The van der Waals surface area contributed by atoms with Gasteiger partial charge in [0, 0.05) is 12.6 Å². The maximum absolute atomic E-state index is 12.8. The highest BCUT2D eigenvalue weighted by atomic mass is 35.5. The average molecular weight is 376 g/mol. The molecular formula is C18H15ClFN3O3. The highest BCUT2D eigenvalue weighted by Crippen LogP contribution is 2.25. The van der Waals surface area contributed by atoms with Gasteiger partial charge in [0.1, 0.15) is 11.6 Å². The number of halogens is 2. The lowest BCUT2D eigenvalue weighted by Gasteiger charge is -2.15. The minimum atomic E-state index is -0.369. The van der Waals surface area contributed by atoms with Crippen LogP contribution in [0.15, 0.2) is 53.1 Å². The summed E-state index contributed by atoms with van der Waals surface area (Å²) >= 11 is 6.11. The van der Waals surface area contributed by atoms with E-state index in [0.29, 0.717) is 22.2 Å². The summed E-state index contributed by atoms with van der Waals surface area (Å²) in [6, 6.07) is 12.6. The molecule has 0 saturated carbocycles. The van der Waals surface area contributed by atoms with Gasteiger partial charge >= 0.3 is 0 Å². The molecule has 2 aromatic carbocycles. The molecule has 0 N–H and O–H groups in total. The van der Waals surface area contributed by atoms with Gasteiger partial charge in [0.15, 0.2) is 6.61 Å². The second-order valence-electron chi connectivity index (χ2n) is 5.48. The van der Waals surface area contributed by atoms with E-state index < -0.39 is 0 Å². The first kappa shape index (κ1) is 17.9. The van der Waals surface area contributed by atoms with Gasteiger partial charge < -0.3 is 14.2 Å². The van der Waals surface area contributed by atoms with Gasteiger partial charge in [-0.25, -0.2) is 4.39 Å². The number of nitrogens with zero attached hydrogens (tertiary/aromatic N) is 3. The molecule has 0 aliphatic heterocycles. The molecule has 0 spiro atoms. The number of likely N-dealkylation sites (N-methyl/N-ethyl adjacent to an activating group) is 1. The van der Waals surface area contributed by atoms with Crippen molar-refractivity contribution in [3.8, 4) is 17.1 Å². The van der Waals surface area contributed by atoms with Gasteiger partial charge in [-0.2, -0.15) is 4.98 Å². The fourth-order valence-electron chi connectivity index (χ4n) is 2.15. The van der Waals surface area contributed by atoms with Crippen LogP contribution in [0.5, 0.6) is 5.75 Å². The Morgan fingerprint density at radius 3 is 2.69 bits per heavy atom. The van der Waals surface area contributed by atoms with E-state index >= 15 is 0 Å². The van der Waals surface area contributed by atoms with Crippen molar-refractivity contribution in [3.63, 3.8) is 0 Å². The van der Waals surface area contributed by atoms with Crippen LogP contribution in [0.25, 0.3) is 11.4 Å². The SMILES string of the molecule is CN(Cc1nc(-c2ccccc2Cl)no1)C(=O)COc1ccc(F)cc1. The number of carbonyl (C=O) groups is 1. The number of hydrogen-bond donors (Lipinski definition) is 0. The summed E-state index contributed by atoms with van der Waals surface area (Å²) in [7, 11) is 1.59. The van der Waals surface area contributed by atoms with E-state index in [1.54, 1.807) is 25.2 Å². The van der Waals surface area contributed by atoms with Crippen molar-refractivity contribution in [1.82, 2.24) is 15.0 Å². The third-order valence-corrected chi connectivity index (χ3v) is 3.89. The molecule has 1 heterocycles. The van der Waals surface area contributed by atoms with E-state index in [1.165, 1.54) is 29.2 Å². The Morgan fingerprint density at radius 1 is 1.23 bits per heavy atom. The molecule has 1 aromatic heterocycles. The topological polar surface area (TPSA) is 68.5 Å². The monoisotopic (exact) mass is 375 g/mol. The van der Waals surface area contributed by atoms with Crippen molar-refractivity contribution in [2.45, 2.75) is 6.54 Å². The quantitative estimate of drug-likeness (QED) is 0.658. The number of hydrogen-bond acceptors (Lipinski definition) is 5. The minimum Gasteiger partial charge on any atom is -0.484 e. The number of ether oxygens (including phenoxy) is 1. The Balaban J connectivity index is 1.57. The summed E-state index contributed by atoms with van der Waals surface area (Å²) in [5, 5.41) is 4.40. The molecule has 3 rings (SSSR count). The minimum absolute atomic E-state index is 0.128. The molecule has 0 atom stereocenters. The van der Waals surface area contributed by atoms with Gasteiger partial charge in [-0.15, -0.1) is 0 Å². The fraction of sp³-hybridized carbons (Fsp3) is 0.167. The van der Waals surface area contributed by atoms with Crippen molar-refractivity contribution < 1.29 is 18.4 Å². The molecule has 26 heavy (non-hydrogen) atoms. The summed E-state index contributed by atoms with van der Waals surface area (Å²) in [4.78, 5) is 17.8. The second kappa shape index (κ2) is 7.97. The van der Waals surface area contributed by atoms with Gasteiger partial charge in [0.25, 0.3) is 5.91 Å². The Bertz CT molecular complexity index is 899. The molecule has 0 radical (unpaired) electrons. The Hall–Kier alpha value is -2.93. The number of amides is 1. The van der Waals surface area contributed by atoms with E-state index in [0.717, 1.165) is 0 Å². The fourth-order valence-corrected chi connectivity index (χ4v) is 2.37. The molecule has 1 amide bonds. The maximum atomic E-state index is 12.8. The lowest BCUT2D eigenvalue weighted by molar-refractivity contribution is -0.132.